The van der Waals surface area contributed by atoms with Crippen molar-refractivity contribution in [2.45, 2.75) is 32.3 Å². The summed E-state index contributed by atoms with van der Waals surface area (Å²) in [7, 11) is 0. The van der Waals surface area contributed by atoms with E-state index in [0.717, 1.165) is 11.0 Å². The van der Waals surface area contributed by atoms with Gasteiger partial charge in [0.1, 0.15) is 5.69 Å². The molecule has 1 rings (SSSR count). The van der Waals surface area contributed by atoms with Gasteiger partial charge in [0.05, 0.1) is 5.60 Å². The second-order valence-electron chi connectivity index (χ2n) is 4.92. The maximum atomic E-state index is 14.0. The smallest absolute Gasteiger partial charge is 0.366 e. The molecule has 1 N–H and O–H groups in total. The number of alkyl halides is 2. The van der Waals surface area contributed by atoms with Crippen molar-refractivity contribution in [1.29, 1.82) is 0 Å². The molecule has 1 aromatic heterocycles. The highest BCUT2D eigenvalue weighted by atomic mass is 19.3. The Bertz CT molecular complexity index is 430. The Hall–Kier alpha value is -1.56. The van der Waals surface area contributed by atoms with Crippen molar-refractivity contribution in [3.05, 3.63) is 30.1 Å². The summed E-state index contributed by atoms with van der Waals surface area (Å²) < 4.78 is 28.1. The standard InChI is InChI=1S/C13H18F2N2O2/c1-4-17(9-12(2,3)19)11(18)13(14,15)10-7-5-6-8-16-10/h5-8,19H,4,9H2,1-3H3. The fourth-order valence-corrected chi connectivity index (χ4v) is 1.65. The fraction of sp³-hybridized carbons (Fsp3) is 0.538. The van der Waals surface area contributed by atoms with E-state index in [0.29, 0.717) is 0 Å². The normalized spacial score (nSPS) is 12.3. The van der Waals surface area contributed by atoms with Crippen molar-refractivity contribution >= 4 is 5.91 Å². The number of likely N-dealkylation sites (N-methyl/N-ethyl adjacent to an activating group) is 1. The molecule has 1 amide bonds. The average Bonchev–Trinajstić information content (AvgIpc) is 2.35. The summed E-state index contributed by atoms with van der Waals surface area (Å²) >= 11 is 0. The molecule has 0 atom stereocenters. The number of pyridine rings is 1. The number of nitrogens with zero attached hydrogens (tertiary/aromatic N) is 2. The van der Waals surface area contributed by atoms with Crippen molar-refractivity contribution < 1.29 is 18.7 Å². The number of hydrogen-bond acceptors (Lipinski definition) is 3. The first-order valence-electron chi connectivity index (χ1n) is 5.99. The molecular weight excluding hydrogens is 254 g/mol. The molecule has 0 fully saturated rings. The summed E-state index contributed by atoms with van der Waals surface area (Å²) in [5, 5.41) is 9.65. The van der Waals surface area contributed by atoms with Crippen molar-refractivity contribution in [1.82, 2.24) is 9.88 Å². The predicted molar refractivity (Wildman–Crippen MR) is 66.7 cm³/mol. The number of carbonyl (C=O) groups excluding carboxylic acids is 1. The van der Waals surface area contributed by atoms with Gasteiger partial charge in [-0.1, -0.05) is 6.07 Å². The van der Waals surface area contributed by atoms with Gasteiger partial charge in [0.15, 0.2) is 0 Å². The zero-order chi connectivity index (χ0) is 14.7. The molecular formula is C13H18F2N2O2. The molecule has 0 unspecified atom stereocenters. The Kier molecular flexibility index (Phi) is 4.57. The third-order valence-electron chi connectivity index (χ3n) is 2.50. The van der Waals surface area contributed by atoms with Crippen molar-refractivity contribution in [3.63, 3.8) is 0 Å². The first-order chi connectivity index (χ1) is 8.68. The SMILES string of the molecule is CCN(CC(C)(C)O)C(=O)C(F)(F)c1ccccn1. The van der Waals surface area contributed by atoms with Gasteiger partial charge in [-0.15, -0.1) is 0 Å². The van der Waals surface area contributed by atoms with E-state index in [-0.39, 0.29) is 13.1 Å². The third-order valence-corrected chi connectivity index (χ3v) is 2.50. The molecule has 0 aliphatic rings. The van der Waals surface area contributed by atoms with Crippen LogP contribution in [-0.2, 0) is 10.7 Å². The largest absolute Gasteiger partial charge is 0.389 e. The highest BCUT2D eigenvalue weighted by molar-refractivity contribution is 5.84. The lowest BCUT2D eigenvalue weighted by Gasteiger charge is -2.30. The van der Waals surface area contributed by atoms with Gasteiger partial charge in [0, 0.05) is 19.3 Å². The average molecular weight is 272 g/mol. The Morgan fingerprint density at radius 2 is 2.05 bits per heavy atom. The molecule has 0 aromatic carbocycles. The fourth-order valence-electron chi connectivity index (χ4n) is 1.65. The molecule has 1 heterocycles. The van der Waals surface area contributed by atoms with E-state index in [4.69, 9.17) is 0 Å². The van der Waals surface area contributed by atoms with Crippen LogP contribution in [0.3, 0.4) is 0 Å². The molecule has 0 bridgehead atoms. The lowest BCUT2D eigenvalue weighted by atomic mass is 10.1. The first-order valence-corrected chi connectivity index (χ1v) is 5.99. The van der Waals surface area contributed by atoms with Crippen LogP contribution in [0, 0.1) is 0 Å². The summed E-state index contributed by atoms with van der Waals surface area (Å²) in [4.78, 5) is 16.3. The Labute approximate surface area is 111 Å². The summed E-state index contributed by atoms with van der Waals surface area (Å²) in [5.74, 6) is -5.04. The summed E-state index contributed by atoms with van der Waals surface area (Å²) in [6.45, 7) is 4.43. The quantitative estimate of drug-likeness (QED) is 0.889. The molecule has 4 nitrogen and oxygen atoms in total. The van der Waals surface area contributed by atoms with Gasteiger partial charge in [-0.2, -0.15) is 8.78 Å². The minimum absolute atomic E-state index is 0.0885. The molecule has 0 saturated heterocycles. The van der Waals surface area contributed by atoms with Crippen LogP contribution in [0.5, 0.6) is 0 Å². The minimum atomic E-state index is -3.69. The van der Waals surface area contributed by atoms with Crippen molar-refractivity contribution in [3.8, 4) is 0 Å². The Balaban J connectivity index is 2.97. The predicted octanol–water partition coefficient (Wildman–Crippen LogP) is 1.79. The topological polar surface area (TPSA) is 53.4 Å². The van der Waals surface area contributed by atoms with Crippen molar-refractivity contribution in [2.75, 3.05) is 13.1 Å². The van der Waals surface area contributed by atoms with E-state index in [9.17, 15) is 18.7 Å². The number of halogens is 2. The maximum absolute atomic E-state index is 14.0. The van der Waals surface area contributed by atoms with Crippen LogP contribution in [0.4, 0.5) is 8.78 Å². The van der Waals surface area contributed by atoms with Crippen LogP contribution < -0.4 is 0 Å². The summed E-state index contributed by atoms with van der Waals surface area (Å²) in [6.07, 6.45) is 1.21. The molecule has 0 radical (unpaired) electrons. The van der Waals surface area contributed by atoms with E-state index in [2.05, 4.69) is 4.98 Å². The second kappa shape index (κ2) is 5.61. The zero-order valence-electron chi connectivity index (χ0n) is 11.2. The van der Waals surface area contributed by atoms with Gasteiger partial charge >= 0.3 is 5.92 Å². The molecule has 0 aliphatic heterocycles. The molecule has 0 saturated carbocycles. The molecule has 0 spiro atoms. The molecule has 1 aromatic rings. The van der Waals surface area contributed by atoms with Gasteiger partial charge in [-0.05, 0) is 32.9 Å². The van der Waals surface area contributed by atoms with E-state index in [1.165, 1.54) is 32.2 Å². The van der Waals surface area contributed by atoms with Crippen LogP contribution in [0.2, 0.25) is 0 Å². The van der Waals surface area contributed by atoms with Crippen molar-refractivity contribution in [2.24, 2.45) is 0 Å². The molecule has 0 aliphatic carbocycles. The third kappa shape index (κ3) is 3.96. The second-order valence-corrected chi connectivity index (χ2v) is 4.92. The van der Waals surface area contributed by atoms with Crippen LogP contribution in [0.1, 0.15) is 26.5 Å². The van der Waals surface area contributed by atoms with E-state index in [1.54, 1.807) is 6.92 Å². The van der Waals surface area contributed by atoms with Gasteiger partial charge in [-0.25, -0.2) is 0 Å². The number of aliphatic hydroxyl groups is 1. The van der Waals surface area contributed by atoms with Crippen LogP contribution in [-0.4, -0.2) is 39.6 Å². The molecule has 106 valence electrons. The summed E-state index contributed by atoms with van der Waals surface area (Å²) in [5.41, 5.74) is -1.82. The monoisotopic (exact) mass is 272 g/mol. The lowest BCUT2D eigenvalue weighted by Crippen LogP contribution is -2.48. The molecule has 6 heteroatoms. The number of amides is 1. The van der Waals surface area contributed by atoms with Crippen LogP contribution >= 0.6 is 0 Å². The van der Waals surface area contributed by atoms with Crippen LogP contribution in [0.15, 0.2) is 24.4 Å². The number of rotatable bonds is 5. The van der Waals surface area contributed by atoms with Gasteiger partial charge in [0.25, 0.3) is 5.91 Å². The van der Waals surface area contributed by atoms with Gasteiger partial charge < -0.3 is 10.0 Å². The van der Waals surface area contributed by atoms with Gasteiger partial charge in [-0.3, -0.25) is 9.78 Å². The maximum Gasteiger partial charge on any atom is 0.366 e. The van der Waals surface area contributed by atoms with E-state index >= 15 is 0 Å². The highest BCUT2D eigenvalue weighted by Crippen LogP contribution is 2.29. The minimum Gasteiger partial charge on any atom is -0.389 e. The Morgan fingerprint density at radius 3 is 2.47 bits per heavy atom. The molecule has 19 heavy (non-hydrogen) atoms. The zero-order valence-corrected chi connectivity index (χ0v) is 11.2. The number of aromatic nitrogens is 1. The first kappa shape index (κ1) is 15.5. The van der Waals surface area contributed by atoms with Crippen LogP contribution in [0.25, 0.3) is 0 Å². The lowest BCUT2D eigenvalue weighted by molar-refractivity contribution is -0.162. The number of hydrogen-bond donors (Lipinski definition) is 1. The van der Waals surface area contributed by atoms with Gasteiger partial charge in [0.2, 0.25) is 0 Å². The highest BCUT2D eigenvalue weighted by Gasteiger charge is 2.45. The Morgan fingerprint density at radius 1 is 1.42 bits per heavy atom. The summed E-state index contributed by atoms with van der Waals surface area (Å²) in [6, 6.07) is 4.00. The van der Waals surface area contributed by atoms with E-state index in [1.807, 2.05) is 0 Å². The number of carbonyl (C=O) groups is 1. The van der Waals surface area contributed by atoms with E-state index < -0.39 is 23.1 Å².